The predicted molar refractivity (Wildman–Crippen MR) is 62.7 cm³/mol. The van der Waals surface area contributed by atoms with Gasteiger partial charge in [-0.3, -0.25) is 0 Å². The molecule has 0 aliphatic rings. The van der Waals surface area contributed by atoms with Gasteiger partial charge < -0.3 is 10.5 Å². The Hall–Kier alpha value is -0.730. The van der Waals surface area contributed by atoms with E-state index >= 15 is 0 Å². The minimum Gasteiger partial charge on any atom is -0.444 e. The van der Waals surface area contributed by atoms with Gasteiger partial charge in [-0.1, -0.05) is 39.0 Å². The Labute approximate surface area is 93.4 Å². The molecular weight excluding hydrogens is 190 g/mol. The predicted octanol–water partition coefficient (Wildman–Crippen LogP) is 3.61. The fraction of sp³-hybridized carbons (Fsp3) is 0.917. The summed E-state index contributed by atoms with van der Waals surface area (Å²) in [6.45, 7) is 6.03. The molecule has 15 heavy (non-hydrogen) atoms. The topological polar surface area (TPSA) is 52.3 Å². The fourth-order valence-electron chi connectivity index (χ4n) is 1.65. The van der Waals surface area contributed by atoms with Gasteiger partial charge in [-0.25, -0.2) is 4.79 Å². The van der Waals surface area contributed by atoms with E-state index in [9.17, 15) is 4.79 Å². The molecule has 0 radical (unpaired) electrons. The van der Waals surface area contributed by atoms with Gasteiger partial charge in [0, 0.05) is 0 Å². The Morgan fingerprint density at radius 1 is 1.13 bits per heavy atom. The summed E-state index contributed by atoms with van der Waals surface area (Å²) in [5.74, 6) is 0. The SMILES string of the molecule is CCCCCCCCC(C)(C)OC(N)=O. The summed E-state index contributed by atoms with van der Waals surface area (Å²) in [6, 6.07) is 0. The first-order valence-electron chi connectivity index (χ1n) is 5.96. The molecule has 0 saturated carbocycles. The third-order valence-electron chi connectivity index (χ3n) is 2.51. The molecule has 90 valence electrons. The smallest absolute Gasteiger partial charge is 0.405 e. The molecular formula is C12H25NO2. The maximum absolute atomic E-state index is 10.6. The average molecular weight is 215 g/mol. The lowest BCUT2D eigenvalue weighted by molar-refractivity contribution is 0.0372. The fourth-order valence-corrected chi connectivity index (χ4v) is 1.65. The molecule has 0 heterocycles. The molecule has 1 amide bonds. The summed E-state index contributed by atoms with van der Waals surface area (Å²) in [7, 11) is 0. The number of carbonyl (C=O) groups is 1. The molecule has 0 aliphatic heterocycles. The lowest BCUT2D eigenvalue weighted by Crippen LogP contribution is -2.30. The van der Waals surface area contributed by atoms with Crippen molar-refractivity contribution < 1.29 is 9.53 Å². The molecule has 0 aromatic rings. The molecule has 0 rings (SSSR count). The molecule has 3 nitrogen and oxygen atoms in total. The standard InChI is InChI=1S/C12H25NO2/c1-4-5-6-7-8-9-10-12(2,3)15-11(13)14/h4-10H2,1-3H3,(H2,13,14). The first kappa shape index (κ1) is 14.3. The zero-order valence-electron chi connectivity index (χ0n) is 10.3. The van der Waals surface area contributed by atoms with Crippen molar-refractivity contribution in [3.63, 3.8) is 0 Å². The molecule has 0 atom stereocenters. The summed E-state index contributed by atoms with van der Waals surface area (Å²) in [5.41, 5.74) is 4.58. The van der Waals surface area contributed by atoms with Crippen LogP contribution in [0.5, 0.6) is 0 Å². The Bertz CT molecular complexity index is 178. The van der Waals surface area contributed by atoms with Crippen LogP contribution in [0.15, 0.2) is 0 Å². The number of primary amides is 1. The zero-order chi connectivity index (χ0) is 11.7. The maximum Gasteiger partial charge on any atom is 0.405 e. The van der Waals surface area contributed by atoms with Crippen LogP contribution in [-0.2, 0) is 4.74 Å². The number of nitrogens with two attached hydrogens (primary N) is 1. The van der Waals surface area contributed by atoms with Crippen molar-refractivity contribution >= 4 is 6.09 Å². The molecule has 0 aromatic carbocycles. The molecule has 0 aromatic heterocycles. The maximum atomic E-state index is 10.6. The lowest BCUT2D eigenvalue weighted by Gasteiger charge is -2.23. The van der Waals surface area contributed by atoms with Gasteiger partial charge in [-0.2, -0.15) is 0 Å². The molecule has 0 spiro atoms. The van der Waals surface area contributed by atoms with Crippen molar-refractivity contribution in [3.8, 4) is 0 Å². The normalized spacial score (nSPS) is 11.4. The van der Waals surface area contributed by atoms with Crippen LogP contribution in [0, 0.1) is 0 Å². The van der Waals surface area contributed by atoms with Gasteiger partial charge in [0.15, 0.2) is 0 Å². The molecule has 0 fully saturated rings. The van der Waals surface area contributed by atoms with E-state index in [1.165, 1.54) is 32.1 Å². The molecule has 3 heteroatoms. The van der Waals surface area contributed by atoms with E-state index in [4.69, 9.17) is 10.5 Å². The van der Waals surface area contributed by atoms with E-state index in [1.54, 1.807) is 0 Å². The third-order valence-corrected chi connectivity index (χ3v) is 2.51. The summed E-state index contributed by atoms with van der Waals surface area (Å²) >= 11 is 0. The highest BCUT2D eigenvalue weighted by atomic mass is 16.6. The second-order valence-electron chi connectivity index (χ2n) is 4.70. The van der Waals surface area contributed by atoms with E-state index in [0.717, 1.165) is 12.8 Å². The number of unbranched alkanes of at least 4 members (excludes halogenated alkanes) is 5. The summed E-state index contributed by atoms with van der Waals surface area (Å²) in [6.07, 6.45) is 7.72. The van der Waals surface area contributed by atoms with Crippen molar-refractivity contribution in [2.75, 3.05) is 0 Å². The highest BCUT2D eigenvalue weighted by molar-refractivity contribution is 5.65. The number of amides is 1. The Balaban J connectivity index is 3.44. The van der Waals surface area contributed by atoms with Crippen molar-refractivity contribution in [1.82, 2.24) is 0 Å². The van der Waals surface area contributed by atoms with Crippen LogP contribution in [0.4, 0.5) is 4.79 Å². The van der Waals surface area contributed by atoms with Crippen LogP contribution in [0.1, 0.15) is 65.7 Å². The van der Waals surface area contributed by atoms with Gasteiger partial charge in [-0.05, 0) is 26.7 Å². The second-order valence-corrected chi connectivity index (χ2v) is 4.70. The highest BCUT2D eigenvalue weighted by Gasteiger charge is 2.20. The van der Waals surface area contributed by atoms with Gasteiger partial charge in [-0.15, -0.1) is 0 Å². The Morgan fingerprint density at radius 3 is 2.20 bits per heavy atom. The number of rotatable bonds is 8. The Kier molecular flexibility index (Phi) is 7.18. The zero-order valence-corrected chi connectivity index (χ0v) is 10.3. The number of carbonyl (C=O) groups excluding carboxylic acids is 1. The van der Waals surface area contributed by atoms with E-state index in [0.29, 0.717) is 0 Å². The summed E-state index contributed by atoms with van der Waals surface area (Å²) in [4.78, 5) is 10.6. The number of hydrogen-bond acceptors (Lipinski definition) is 2. The van der Waals surface area contributed by atoms with E-state index in [1.807, 2.05) is 13.8 Å². The third kappa shape index (κ3) is 9.57. The molecule has 0 unspecified atom stereocenters. The lowest BCUT2D eigenvalue weighted by atomic mass is 9.99. The van der Waals surface area contributed by atoms with Crippen molar-refractivity contribution in [2.24, 2.45) is 5.73 Å². The van der Waals surface area contributed by atoms with Gasteiger partial charge in [0.25, 0.3) is 0 Å². The molecule has 0 aliphatic carbocycles. The highest BCUT2D eigenvalue weighted by Crippen LogP contribution is 2.19. The molecule has 0 saturated heterocycles. The van der Waals surface area contributed by atoms with Gasteiger partial charge >= 0.3 is 6.09 Å². The summed E-state index contributed by atoms with van der Waals surface area (Å²) < 4.78 is 5.00. The van der Waals surface area contributed by atoms with Crippen LogP contribution in [-0.4, -0.2) is 11.7 Å². The van der Waals surface area contributed by atoms with Gasteiger partial charge in [0.2, 0.25) is 0 Å². The van der Waals surface area contributed by atoms with Crippen LogP contribution < -0.4 is 5.73 Å². The minimum atomic E-state index is -0.675. The molecule has 0 bridgehead atoms. The monoisotopic (exact) mass is 215 g/mol. The average Bonchev–Trinajstić information content (AvgIpc) is 2.08. The van der Waals surface area contributed by atoms with Crippen molar-refractivity contribution in [3.05, 3.63) is 0 Å². The second kappa shape index (κ2) is 7.55. The van der Waals surface area contributed by atoms with Gasteiger partial charge in [0.1, 0.15) is 5.60 Å². The van der Waals surface area contributed by atoms with Gasteiger partial charge in [0.05, 0.1) is 0 Å². The Morgan fingerprint density at radius 2 is 1.67 bits per heavy atom. The number of ether oxygens (including phenoxy) is 1. The minimum absolute atomic E-state index is 0.406. The molecule has 2 N–H and O–H groups in total. The van der Waals surface area contributed by atoms with Crippen LogP contribution in [0.25, 0.3) is 0 Å². The van der Waals surface area contributed by atoms with E-state index in [2.05, 4.69) is 6.92 Å². The quantitative estimate of drug-likeness (QED) is 0.629. The van der Waals surface area contributed by atoms with Crippen molar-refractivity contribution in [2.45, 2.75) is 71.3 Å². The van der Waals surface area contributed by atoms with Crippen LogP contribution in [0.3, 0.4) is 0 Å². The first-order chi connectivity index (χ1) is 6.98. The summed E-state index contributed by atoms with van der Waals surface area (Å²) in [5, 5.41) is 0. The van der Waals surface area contributed by atoms with E-state index < -0.39 is 11.7 Å². The largest absolute Gasteiger partial charge is 0.444 e. The van der Waals surface area contributed by atoms with Crippen molar-refractivity contribution in [1.29, 1.82) is 0 Å². The number of hydrogen-bond donors (Lipinski definition) is 1. The van der Waals surface area contributed by atoms with Crippen LogP contribution in [0.2, 0.25) is 0 Å². The first-order valence-corrected chi connectivity index (χ1v) is 5.96. The van der Waals surface area contributed by atoms with Crippen LogP contribution >= 0.6 is 0 Å². The van der Waals surface area contributed by atoms with E-state index in [-0.39, 0.29) is 0 Å².